The van der Waals surface area contributed by atoms with E-state index in [4.69, 9.17) is 11.6 Å². The summed E-state index contributed by atoms with van der Waals surface area (Å²) in [5.74, 6) is 6.20. The standard InChI is InChI=1S/C23H28N6/c1-2-19-9-11-23(12-10-19)29(25)16-20(24)15-28(17-21-7-3-5-13-26-21)18-22-8-4-6-14-27-22/h3-14,16H,2,15,17-18,24-25H2,1H3/b20-16-. The van der Waals surface area contributed by atoms with Crippen LogP contribution in [0.3, 0.4) is 0 Å². The van der Waals surface area contributed by atoms with Crippen molar-refractivity contribution in [3.05, 3.63) is 102 Å². The number of nitrogens with zero attached hydrogens (tertiary/aromatic N) is 4. The van der Waals surface area contributed by atoms with Gasteiger partial charge in [-0.2, -0.15) is 0 Å². The minimum Gasteiger partial charge on any atom is -0.400 e. The van der Waals surface area contributed by atoms with Crippen molar-refractivity contribution < 1.29 is 0 Å². The summed E-state index contributed by atoms with van der Waals surface area (Å²) in [5, 5.41) is 1.56. The fourth-order valence-electron chi connectivity index (χ4n) is 3.07. The van der Waals surface area contributed by atoms with Crippen molar-refractivity contribution in [1.82, 2.24) is 14.9 Å². The van der Waals surface area contributed by atoms with E-state index in [0.29, 0.717) is 25.3 Å². The highest BCUT2D eigenvalue weighted by Gasteiger charge is 2.11. The lowest BCUT2D eigenvalue weighted by Crippen LogP contribution is -2.31. The summed E-state index contributed by atoms with van der Waals surface area (Å²) < 4.78 is 0. The summed E-state index contributed by atoms with van der Waals surface area (Å²) in [5.41, 5.74) is 11.1. The van der Waals surface area contributed by atoms with E-state index in [9.17, 15) is 0 Å². The van der Waals surface area contributed by atoms with Crippen molar-refractivity contribution in [3.8, 4) is 0 Å². The quantitative estimate of drug-likeness (QED) is 0.432. The maximum absolute atomic E-state index is 6.33. The van der Waals surface area contributed by atoms with Gasteiger partial charge in [-0.05, 0) is 48.4 Å². The number of nitrogens with two attached hydrogens (primary N) is 2. The second-order valence-corrected chi connectivity index (χ2v) is 6.92. The summed E-state index contributed by atoms with van der Waals surface area (Å²) in [6.45, 7) is 4.02. The fourth-order valence-corrected chi connectivity index (χ4v) is 3.07. The Balaban J connectivity index is 1.71. The molecule has 0 spiro atoms. The molecule has 0 saturated heterocycles. The van der Waals surface area contributed by atoms with Crippen LogP contribution in [0.4, 0.5) is 5.69 Å². The Bertz CT molecular complexity index is 852. The van der Waals surface area contributed by atoms with E-state index in [2.05, 4.69) is 33.9 Å². The van der Waals surface area contributed by atoms with Crippen LogP contribution in [0.5, 0.6) is 0 Å². The molecule has 0 aliphatic rings. The molecule has 6 nitrogen and oxygen atoms in total. The normalized spacial score (nSPS) is 11.6. The summed E-state index contributed by atoms with van der Waals surface area (Å²) in [6, 6.07) is 20.0. The Morgan fingerprint density at radius 1 is 0.897 bits per heavy atom. The van der Waals surface area contributed by atoms with Gasteiger partial charge in [0, 0.05) is 43.9 Å². The van der Waals surface area contributed by atoms with Gasteiger partial charge in [-0.15, -0.1) is 0 Å². The molecule has 0 amide bonds. The van der Waals surface area contributed by atoms with E-state index in [0.717, 1.165) is 23.5 Å². The maximum atomic E-state index is 6.33. The van der Waals surface area contributed by atoms with Gasteiger partial charge < -0.3 is 5.73 Å². The molecule has 2 aromatic heterocycles. The average Bonchev–Trinajstić information content (AvgIpc) is 2.75. The summed E-state index contributed by atoms with van der Waals surface area (Å²) in [4.78, 5) is 11.1. The topological polar surface area (TPSA) is 84.3 Å². The number of rotatable bonds is 9. The number of anilines is 1. The third-order valence-electron chi connectivity index (χ3n) is 4.58. The Hall–Kier alpha value is -3.22. The minimum absolute atomic E-state index is 0.549. The predicted octanol–water partition coefficient (Wildman–Crippen LogP) is 3.22. The number of hydrogen-bond donors (Lipinski definition) is 2. The van der Waals surface area contributed by atoms with Crippen molar-refractivity contribution in [2.75, 3.05) is 11.6 Å². The van der Waals surface area contributed by atoms with Gasteiger partial charge in [0.15, 0.2) is 0 Å². The molecule has 0 atom stereocenters. The molecule has 0 radical (unpaired) electrons. The molecule has 6 heteroatoms. The van der Waals surface area contributed by atoms with Crippen LogP contribution in [0.2, 0.25) is 0 Å². The zero-order valence-corrected chi connectivity index (χ0v) is 16.8. The van der Waals surface area contributed by atoms with E-state index >= 15 is 0 Å². The van der Waals surface area contributed by atoms with Gasteiger partial charge in [0.2, 0.25) is 0 Å². The molecule has 0 aliphatic heterocycles. The SMILES string of the molecule is CCc1ccc(N(N)/C=C(\N)CN(Cc2ccccn2)Cc2ccccn2)cc1. The van der Waals surface area contributed by atoms with Crippen molar-refractivity contribution in [3.63, 3.8) is 0 Å². The third-order valence-corrected chi connectivity index (χ3v) is 4.58. The van der Waals surface area contributed by atoms with Crippen molar-refractivity contribution in [1.29, 1.82) is 0 Å². The maximum Gasteiger partial charge on any atom is 0.0569 e. The monoisotopic (exact) mass is 388 g/mol. The van der Waals surface area contributed by atoms with E-state index < -0.39 is 0 Å². The van der Waals surface area contributed by atoms with Gasteiger partial charge in [-0.3, -0.25) is 19.9 Å². The van der Waals surface area contributed by atoms with Crippen molar-refractivity contribution in [2.24, 2.45) is 11.6 Å². The Kier molecular flexibility index (Phi) is 7.33. The van der Waals surface area contributed by atoms with Crippen molar-refractivity contribution in [2.45, 2.75) is 26.4 Å². The smallest absolute Gasteiger partial charge is 0.0569 e. The molecule has 1 aromatic carbocycles. The third kappa shape index (κ3) is 6.41. The molecule has 0 saturated carbocycles. The Labute approximate surface area is 172 Å². The van der Waals surface area contributed by atoms with Gasteiger partial charge in [-0.25, -0.2) is 5.84 Å². The molecule has 0 unspecified atom stereocenters. The Morgan fingerprint density at radius 2 is 1.48 bits per heavy atom. The lowest BCUT2D eigenvalue weighted by atomic mass is 10.1. The Morgan fingerprint density at radius 3 is 1.97 bits per heavy atom. The number of benzene rings is 1. The summed E-state index contributed by atoms with van der Waals surface area (Å²) in [6.07, 6.45) is 6.37. The number of aromatic nitrogens is 2. The minimum atomic E-state index is 0.549. The predicted molar refractivity (Wildman–Crippen MR) is 117 cm³/mol. The van der Waals surface area contributed by atoms with Crippen LogP contribution in [-0.2, 0) is 19.5 Å². The fraction of sp³-hybridized carbons (Fsp3) is 0.217. The summed E-state index contributed by atoms with van der Waals surface area (Å²) >= 11 is 0. The number of aryl methyl sites for hydroxylation is 1. The molecule has 150 valence electrons. The molecular weight excluding hydrogens is 360 g/mol. The highest BCUT2D eigenvalue weighted by Crippen LogP contribution is 2.14. The van der Waals surface area contributed by atoms with E-state index in [-0.39, 0.29) is 0 Å². The molecule has 0 aliphatic carbocycles. The van der Waals surface area contributed by atoms with Crippen LogP contribution >= 0.6 is 0 Å². The lowest BCUT2D eigenvalue weighted by molar-refractivity contribution is 0.271. The van der Waals surface area contributed by atoms with Crippen LogP contribution in [0.1, 0.15) is 23.9 Å². The average molecular weight is 389 g/mol. The van der Waals surface area contributed by atoms with Gasteiger partial charge in [0.1, 0.15) is 0 Å². The highest BCUT2D eigenvalue weighted by atomic mass is 15.4. The van der Waals surface area contributed by atoms with Gasteiger partial charge in [-0.1, -0.05) is 31.2 Å². The van der Waals surface area contributed by atoms with E-state index in [1.807, 2.05) is 48.5 Å². The van der Waals surface area contributed by atoms with Gasteiger partial charge in [0.05, 0.1) is 17.1 Å². The number of hydrazine groups is 1. The van der Waals surface area contributed by atoms with Crippen molar-refractivity contribution >= 4 is 5.69 Å². The molecule has 29 heavy (non-hydrogen) atoms. The van der Waals surface area contributed by atoms with E-state index in [1.165, 1.54) is 5.56 Å². The van der Waals surface area contributed by atoms with Crippen LogP contribution in [0, 0.1) is 0 Å². The molecular formula is C23H28N6. The van der Waals surface area contributed by atoms with Gasteiger partial charge in [0.25, 0.3) is 0 Å². The first-order chi connectivity index (χ1) is 14.1. The zero-order chi connectivity index (χ0) is 20.5. The lowest BCUT2D eigenvalue weighted by Gasteiger charge is -2.23. The second-order valence-electron chi connectivity index (χ2n) is 6.92. The molecule has 4 N–H and O–H groups in total. The molecule has 0 fully saturated rings. The molecule has 0 bridgehead atoms. The highest BCUT2D eigenvalue weighted by molar-refractivity contribution is 5.49. The first-order valence-electron chi connectivity index (χ1n) is 9.75. The van der Waals surface area contributed by atoms with Gasteiger partial charge >= 0.3 is 0 Å². The molecule has 3 aromatic rings. The summed E-state index contributed by atoms with van der Waals surface area (Å²) in [7, 11) is 0. The molecule has 2 heterocycles. The van der Waals surface area contributed by atoms with Crippen LogP contribution in [-0.4, -0.2) is 21.4 Å². The molecule has 3 rings (SSSR count). The van der Waals surface area contributed by atoms with Crippen LogP contribution in [0.25, 0.3) is 0 Å². The first kappa shape index (κ1) is 20.5. The number of pyridine rings is 2. The first-order valence-corrected chi connectivity index (χ1v) is 9.75. The zero-order valence-electron chi connectivity index (χ0n) is 16.8. The number of hydrogen-bond acceptors (Lipinski definition) is 6. The second kappa shape index (κ2) is 10.4. The van der Waals surface area contributed by atoms with E-state index in [1.54, 1.807) is 23.6 Å². The van der Waals surface area contributed by atoms with Crippen LogP contribution in [0.15, 0.2) is 85.0 Å². The van der Waals surface area contributed by atoms with Crippen LogP contribution < -0.4 is 16.6 Å². The largest absolute Gasteiger partial charge is 0.400 e.